The number of aliphatic carboxylic acids is 1. The molecule has 114 valence electrons. The van der Waals surface area contributed by atoms with Crippen LogP contribution in [-0.4, -0.2) is 47.8 Å². The minimum absolute atomic E-state index is 0.198. The number of hydrogen-bond donors (Lipinski definition) is 2. The molecule has 0 spiro atoms. The quantitative estimate of drug-likeness (QED) is 0.782. The molecular formula is C12H17F3N2O3. The predicted molar refractivity (Wildman–Crippen MR) is 65.1 cm³/mol. The summed E-state index contributed by atoms with van der Waals surface area (Å²) < 4.78 is 38.7. The van der Waals surface area contributed by atoms with Crippen molar-refractivity contribution in [2.45, 2.75) is 26.4 Å². The Hall–Kier alpha value is -1.73. The lowest BCUT2D eigenvalue weighted by atomic mass is 9.86. The molecule has 0 aliphatic carbocycles. The first-order chi connectivity index (χ1) is 9.10. The number of likely N-dealkylation sites (tertiary alicyclic amines) is 1. The minimum atomic E-state index is -4.88. The van der Waals surface area contributed by atoms with Crippen LogP contribution in [0.3, 0.4) is 0 Å². The molecule has 1 aliphatic heterocycles. The molecule has 1 heterocycles. The molecule has 2 amide bonds. The molecule has 1 atom stereocenters. The zero-order valence-electron chi connectivity index (χ0n) is 11.3. The number of carboxylic acid groups (broad SMARTS) is 1. The Kier molecular flexibility index (Phi) is 4.67. The number of nitrogens with zero attached hydrogens (tertiary/aromatic N) is 1. The van der Waals surface area contributed by atoms with Gasteiger partial charge in [0.05, 0.1) is 0 Å². The van der Waals surface area contributed by atoms with Gasteiger partial charge in [0, 0.05) is 19.6 Å². The van der Waals surface area contributed by atoms with Crippen LogP contribution in [0.15, 0.2) is 11.6 Å². The van der Waals surface area contributed by atoms with Gasteiger partial charge in [0.15, 0.2) is 5.41 Å². The summed E-state index contributed by atoms with van der Waals surface area (Å²) in [7, 11) is 0. The highest BCUT2D eigenvalue weighted by atomic mass is 19.4. The Bertz CT molecular complexity index is 430. The van der Waals surface area contributed by atoms with Gasteiger partial charge in [-0.15, -0.1) is 0 Å². The minimum Gasteiger partial charge on any atom is -0.481 e. The van der Waals surface area contributed by atoms with Gasteiger partial charge in [0.1, 0.15) is 0 Å². The summed E-state index contributed by atoms with van der Waals surface area (Å²) >= 11 is 0. The summed E-state index contributed by atoms with van der Waals surface area (Å²) in [6.45, 7) is 2.75. The van der Waals surface area contributed by atoms with Crippen LogP contribution < -0.4 is 5.32 Å². The summed E-state index contributed by atoms with van der Waals surface area (Å²) in [5.41, 5.74) is -1.90. The summed E-state index contributed by atoms with van der Waals surface area (Å²) in [6, 6.07) is -0.685. The van der Waals surface area contributed by atoms with Crippen molar-refractivity contribution in [2.24, 2.45) is 5.41 Å². The second kappa shape index (κ2) is 5.72. The van der Waals surface area contributed by atoms with Crippen molar-refractivity contribution in [1.29, 1.82) is 0 Å². The first-order valence-electron chi connectivity index (χ1n) is 6.06. The average Bonchev–Trinajstić information content (AvgIpc) is 2.73. The number of amides is 2. The largest absolute Gasteiger partial charge is 0.481 e. The number of allylic oxidation sites excluding steroid dienone is 1. The second-order valence-corrected chi connectivity index (χ2v) is 5.02. The van der Waals surface area contributed by atoms with Gasteiger partial charge in [-0.25, -0.2) is 4.79 Å². The molecule has 1 fully saturated rings. The highest BCUT2D eigenvalue weighted by Crippen LogP contribution is 2.45. The Morgan fingerprint density at radius 1 is 1.40 bits per heavy atom. The van der Waals surface area contributed by atoms with E-state index in [4.69, 9.17) is 5.11 Å². The Labute approximate surface area is 114 Å². The number of urea groups is 1. The number of rotatable bonds is 3. The fourth-order valence-electron chi connectivity index (χ4n) is 1.96. The molecule has 0 aromatic carbocycles. The van der Waals surface area contributed by atoms with E-state index in [1.165, 1.54) is 0 Å². The van der Waals surface area contributed by atoms with Gasteiger partial charge in [0.2, 0.25) is 0 Å². The molecule has 8 heteroatoms. The monoisotopic (exact) mass is 294 g/mol. The van der Waals surface area contributed by atoms with Crippen LogP contribution in [-0.2, 0) is 4.79 Å². The van der Waals surface area contributed by atoms with Crippen molar-refractivity contribution in [3.8, 4) is 0 Å². The van der Waals surface area contributed by atoms with Gasteiger partial charge >= 0.3 is 18.2 Å². The highest BCUT2D eigenvalue weighted by molar-refractivity contribution is 5.80. The predicted octanol–water partition coefficient (Wildman–Crippen LogP) is 2.00. The van der Waals surface area contributed by atoms with E-state index in [0.717, 1.165) is 10.5 Å². The third kappa shape index (κ3) is 3.23. The molecule has 1 unspecified atom stereocenters. The van der Waals surface area contributed by atoms with Crippen LogP contribution >= 0.6 is 0 Å². The lowest BCUT2D eigenvalue weighted by molar-refractivity contribution is -0.226. The molecule has 0 aromatic heterocycles. The van der Waals surface area contributed by atoms with Crippen molar-refractivity contribution >= 4 is 12.0 Å². The van der Waals surface area contributed by atoms with E-state index in [1.54, 1.807) is 6.08 Å². The smallest absolute Gasteiger partial charge is 0.406 e. The first kappa shape index (κ1) is 16.3. The van der Waals surface area contributed by atoms with Gasteiger partial charge in [-0.2, -0.15) is 13.2 Å². The van der Waals surface area contributed by atoms with Crippen molar-refractivity contribution in [3.05, 3.63) is 11.6 Å². The molecule has 1 saturated heterocycles. The normalized spacial score (nSPS) is 22.6. The van der Waals surface area contributed by atoms with Crippen LogP contribution in [0.1, 0.15) is 20.3 Å². The van der Waals surface area contributed by atoms with E-state index in [0.29, 0.717) is 0 Å². The van der Waals surface area contributed by atoms with Crippen molar-refractivity contribution in [3.63, 3.8) is 0 Å². The third-order valence-electron chi connectivity index (χ3n) is 3.27. The van der Waals surface area contributed by atoms with Gasteiger partial charge < -0.3 is 15.3 Å². The summed E-state index contributed by atoms with van der Waals surface area (Å²) in [4.78, 5) is 23.5. The van der Waals surface area contributed by atoms with Gasteiger partial charge in [-0.05, 0) is 20.3 Å². The average molecular weight is 294 g/mol. The van der Waals surface area contributed by atoms with Crippen LogP contribution in [0.2, 0.25) is 0 Å². The van der Waals surface area contributed by atoms with Gasteiger partial charge in [-0.3, -0.25) is 4.79 Å². The maximum absolute atomic E-state index is 12.9. The molecule has 1 rings (SSSR count). The van der Waals surface area contributed by atoms with Crippen LogP contribution in [0.5, 0.6) is 0 Å². The zero-order valence-corrected chi connectivity index (χ0v) is 11.3. The number of carbonyl (C=O) groups is 2. The molecule has 0 bridgehead atoms. The number of halogens is 3. The molecule has 20 heavy (non-hydrogen) atoms. The van der Waals surface area contributed by atoms with Crippen molar-refractivity contribution in [2.75, 3.05) is 19.6 Å². The lowest BCUT2D eigenvalue weighted by Crippen LogP contribution is -2.49. The number of carboxylic acids is 1. The molecule has 2 N–H and O–H groups in total. The summed E-state index contributed by atoms with van der Waals surface area (Å²) in [6.07, 6.45) is -3.79. The fourth-order valence-corrected chi connectivity index (χ4v) is 1.96. The molecule has 5 nitrogen and oxygen atoms in total. The van der Waals surface area contributed by atoms with Gasteiger partial charge in [-0.1, -0.05) is 11.6 Å². The molecule has 0 radical (unpaired) electrons. The fraction of sp³-hybridized carbons (Fsp3) is 0.667. The van der Waals surface area contributed by atoms with Gasteiger partial charge in [0.25, 0.3) is 0 Å². The topological polar surface area (TPSA) is 69.6 Å². The SMILES string of the molecule is CC(C)=CCNC(=O)N1CCC(C(=O)O)(C(F)(F)F)C1. The third-order valence-corrected chi connectivity index (χ3v) is 3.27. The Morgan fingerprint density at radius 2 is 2.00 bits per heavy atom. The summed E-state index contributed by atoms with van der Waals surface area (Å²) in [5.74, 6) is -1.94. The zero-order chi connectivity index (χ0) is 15.6. The standard InChI is InChI=1S/C12H17F3N2O3/c1-8(2)3-5-16-10(20)17-6-4-11(7-17,9(18)19)12(13,14)15/h3H,4-7H2,1-2H3,(H,16,20)(H,18,19). The highest BCUT2D eigenvalue weighted by Gasteiger charge is 2.64. The summed E-state index contributed by atoms with van der Waals surface area (Å²) in [5, 5.41) is 11.3. The Morgan fingerprint density at radius 3 is 2.40 bits per heavy atom. The molecule has 0 aromatic rings. The molecule has 1 aliphatic rings. The van der Waals surface area contributed by atoms with E-state index in [2.05, 4.69) is 5.32 Å². The number of hydrogen-bond acceptors (Lipinski definition) is 2. The Balaban J connectivity index is 2.72. The molecule has 0 saturated carbocycles. The second-order valence-electron chi connectivity index (χ2n) is 5.02. The van der Waals surface area contributed by atoms with Crippen LogP contribution in [0.4, 0.5) is 18.0 Å². The molecular weight excluding hydrogens is 277 g/mol. The van der Waals surface area contributed by atoms with Crippen LogP contribution in [0.25, 0.3) is 0 Å². The van der Waals surface area contributed by atoms with E-state index in [-0.39, 0.29) is 13.1 Å². The maximum atomic E-state index is 12.9. The van der Waals surface area contributed by atoms with Crippen LogP contribution in [0, 0.1) is 5.41 Å². The van der Waals surface area contributed by atoms with E-state index >= 15 is 0 Å². The van der Waals surface area contributed by atoms with E-state index < -0.39 is 36.6 Å². The van der Waals surface area contributed by atoms with Crippen molar-refractivity contribution < 1.29 is 27.9 Å². The van der Waals surface area contributed by atoms with E-state index in [9.17, 15) is 22.8 Å². The van der Waals surface area contributed by atoms with Crippen molar-refractivity contribution in [1.82, 2.24) is 10.2 Å². The number of alkyl halides is 3. The maximum Gasteiger partial charge on any atom is 0.406 e. The first-order valence-corrected chi connectivity index (χ1v) is 6.06. The number of carbonyl (C=O) groups excluding carboxylic acids is 1. The number of nitrogens with one attached hydrogen (secondary N) is 1. The lowest BCUT2D eigenvalue weighted by Gasteiger charge is -2.27. The van der Waals surface area contributed by atoms with E-state index in [1.807, 2.05) is 13.8 Å².